The quantitative estimate of drug-likeness (QED) is 0.656. The molecule has 2 heterocycles. The summed E-state index contributed by atoms with van der Waals surface area (Å²) in [6, 6.07) is 9.91. The first-order valence-corrected chi connectivity index (χ1v) is 9.51. The van der Waals surface area contributed by atoms with Gasteiger partial charge >= 0.3 is 0 Å². The number of anilines is 1. The van der Waals surface area contributed by atoms with Crippen LogP contribution in [0.1, 0.15) is 4.88 Å². The second kappa shape index (κ2) is 8.05. The van der Waals surface area contributed by atoms with Gasteiger partial charge in [0.15, 0.2) is 5.13 Å². The van der Waals surface area contributed by atoms with E-state index in [0.29, 0.717) is 17.4 Å². The van der Waals surface area contributed by atoms with Gasteiger partial charge in [-0.1, -0.05) is 11.6 Å². The summed E-state index contributed by atoms with van der Waals surface area (Å²) in [6.45, 7) is 0.907. The van der Waals surface area contributed by atoms with Gasteiger partial charge in [0.1, 0.15) is 5.82 Å². The highest BCUT2D eigenvalue weighted by Gasteiger charge is 2.11. The van der Waals surface area contributed by atoms with Crippen LogP contribution in [0.15, 0.2) is 41.8 Å². The van der Waals surface area contributed by atoms with E-state index < -0.39 is 0 Å². The molecule has 1 amide bonds. The highest BCUT2D eigenvalue weighted by atomic mass is 35.5. The Kier molecular flexibility index (Phi) is 5.80. The smallest absolute Gasteiger partial charge is 0.240 e. The zero-order chi connectivity index (χ0) is 17.8. The Morgan fingerprint density at radius 1 is 1.28 bits per heavy atom. The zero-order valence-electron chi connectivity index (χ0n) is 13.3. The van der Waals surface area contributed by atoms with E-state index in [9.17, 15) is 9.18 Å². The minimum atomic E-state index is -0.289. The largest absolute Gasteiger partial charge is 0.301 e. The molecule has 1 N–H and O–H groups in total. The van der Waals surface area contributed by atoms with Crippen molar-refractivity contribution in [3.63, 3.8) is 0 Å². The topological polar surface area (TPSA) is 45.2 Å². The molecular weight excluding hydrogens is 381 g/mol. The molecule has 0 spiro atoms. The third-order valence-corrected chi connectivity index (χ3v) is 5.33. The molecule has 0 saturated heterocycles. The van der Waals surface area contributed by atoms with Crippen LogP contribution in [0.25, 0.3) is 11.3 Å². The molecule has 8 heteroatoms. The summed E-state index contributed by atoms with van der Waals surface area (Å²) in [5, 5.41) is 5.15. The number of nitrogens with zero attached hydrogens (tertiary/aromatic N) is 2. The van der Waals surface area contributed by atoms with Gasteiger partial charge in [-0.05, 0) is 43.4 Å². The van der Waals surface area contributed by atoms with Crippen molar-refractivity contribution in [3.8, 4) is 11.3 Å². The maximum atomic E-state index is 13.0. The van der Waals surface area contributed by atoms with E-state index in [1.54, 1.807) is 12.1 Å². The number of halogens is 2. The molecule has 0 radical (unpaired) electrons. The summed E-state index contributed by atoms with van der Waals surface area (Å²) in [4.78, 5) is 19.5. The van der Waals surface area contributed by atoms with E-state index in [0.717, 1.165) is 14.8 Å². The van der Waals surface area contributed by atoms with E-state index in [1.807, 2.05) is 29.5 Å². The fraction of sp³-hybridized carbons (Fsp3) is 0.176. The Morgan fingerprint density at radius 3 is 2.72 bits per heavy atom. The second-order valence-electron chi connectivity index (χ2n) is 5.47. The van der Waals surface area contributed by atoms with Crippen LogP contribution in [-0.4, -0.2) is 29.4 Å². The Balaban J connectivity index is 1.55. The lowest BCUT2D eigenvalue weighted by molar-refractivity contribution is -0.117. The number of carbonyl (C=O) groups is 1. The van der Waals surface area contributed by atoms with Gasteiger partial charge in [-0.15, -0.1) is 22.7 Å². The van der Waals surface area contributed by atoms with Gasteiger partial charge in [0.05, 0.1) is 16.6 Å². The van der Waals surface area contributed by atoms with Crippen molar-refractivity contribution in [1.29, 1.82) is 0 Å². The zero-order valence-corrected chi connectivity index (χ0v) is 15.7. The molecule has 0 aliphatic heterocycles. The summed E-state index contributed by atoms with van der Waals surface area (Å²) in [7, 11) is 1.87. The van der Waals surface area contributed by atoms with Crippen molar-refractivity contribution in [2.24, 2.45) is 0 Å². The van der Waals surface area contributed by atoms with Crippen LogP contribution < -0.4 is 5.32 Å². The fourth-order valence-corrected chi connectivity index (χ4v) is 4.15. The minimum absolute atomic E-state index is 0.134. The lowest BCUT2D eigenvalue weighted by atomic mass is 10.2. The summed E-state index contributed by atoms with van der Waals surface area (Å²) >= 11 is 8.76. The van der Waals surface area contributed by atoms with Crippen molar-refractivity contribution in [3.05, 3.63) is 56.8 Å². The van der Waals surface area contributed by atoms with Crippen molar-refractivity contribution in [1.82, 2.24) is 9.88 Å². The summed E-state index contributed by atoms with van der Waals surface area (Å²) < 4.78 is 13.7. The molecule has 1 aromatic carbocycles. The van der Waals surface area contributed by atoms with Crippen LogP contribution in [0.5, 0.6) is 0 Å². The van der Waals surface area contributed by atoms with Crippen LogP contribution in [0.3, 0.4) is 0 Å². The Morgan fingerprint density at radius 2 is 2.04 bits per heavy atom. The van der Waals surface area contributed by atoms with Gasteiger partial charge in [-0.25, -0.2) is 9.37 Å². The molecule has 0 saturated carbocycles. The van der Waals surface area contributed by atoms with Crippen molar-refractivity contribution >= 4 is 45.3 Å². The number of hydrogen-bond acceptors (Lipinski definition) is 5. The highest BCUT2D eigenvalue weighted by molar-refractivity contribution is 7.16. The molecule has 0 aliphatic carbocycles. The van der Waals surface area contributed by atoms with E-state index in [1.165, 1.54) is 34.8 Å². The Bertz CT molecular complexity index is 863. The van der Waals surface area contributed by atoms with E-state index in [4.69, 9.17) is 11.6 Å². The Hall–Kier alpha value is -1.80. The number of nitrogens with one attached hydrogen (secondary N) is 1. The van der Waals surface area contributed by atoms with Crippen molar-refractivity contribution in [2.75, 3.05) is 18.9 Å². The van der Waals surface area contributed by atoms with Crippen molar-refractivity contribution in [2.45, 2.75) is 6.54 Å². The first-order valence-electron chi connectivity index (χ1n) is 7.43. The third-order valence-electron chi connectivity index (χ3n) is 3.36. The molecular formula is C17H15ClFN3OS2. The normalized spacial score (nSPS) is 11.0. The van der Waals surface area contributed by atoms with Gasteiger partial charge in [0, 0.05) is 22.4 Å². The lowest BCUT2D eigenvalue weighted by Gasteiger charge is -2.14. The maximum absolute atomic E-state index is 13.0. The molecule has 0 atom stereocenters. The first kappa shape index (κ1) is 18.0. The number of hydrogen-bond donors (Lipinski definition) is 1. The molecule has 130 valence electrons. The third kappa shape index (κ3) is 5.09. The average molecular weight is 396 g/mol. The summed E-state index contributed by atoms with van der Waals surface area (Å²) in [5.41, 5.74) is 1.52. The number of thiazole rings is 1. The van der Waals surface area contributed by atoms with Gasteiger partial charge in [-0.2, -0.15) is 0 Å². The maximum Gasteiger partial charge on any atom is 0.240 e. The van der Waals surface area contributed by atoms with Gasteiger partial charge in [0.2, 0.25) is 5.91 Å². The van der Waals surface area contributed by atoms with E-state index in [-0.39, 0.29) is 18.3 Å². The standard InChI is InChI=1S/C17H15ClFN3OS2/c1-22(8-13-6-7-15(18)25-13)9-16(23)21-17-20-14(10-24-17)11-2-4-12(19)5-3-11/h2-7,10H,8-9H2,1H3,(H,20,21,23). The van der Waals surface area contributed by atoms with E-state index in [2.05, 4.69) is 10.3 Å². The van der Waals surface area contributed by atoms with Gasteiger partial charge < -0.3 is 5.32 Å². The molecule has 2 aromatic heterocycles. The van der Waals surface area contributed by atoms with Crippen LogP contribution in [-0.2, 0) is 11.3 Å². The number of rotatable bonds is 6. The number of aromatic nitrogens is 1. The van der Waals surface area contributed by atoms with Crippen LogP contribution in [0, 0.1) is 5.82 Å². The lowest BCUT2D eigenvalue weighted by Crippen LogP contribution is -2.29. The first-order chi connectivity index (χ1) is 12.0. The van der Waals surface area contributed by atoms with Crippen molar-refractivity contribution < 1.29 is 9.18 Å². The number of amides is 1. The molecule has 4 nitrogen and oxygen atoms in total. The van der Waals surface area contributed by atoms with Crippen LogP contribution in [0.2, 0.25) is 4.34 Å². The van der Waals surface area contributed by atoms with Gasteiger partial charge in [0.25, 0.3) is 0 Å². The molecule has 3 aromatic rings. The van der Waals surface area contributed by atoms with E-state index >= 15 is 0 Å². The number of carbonyl (C=O) groups excluding carboxylic acids is 1. The monoisotopic (exact) mass is 395 g/mol. The van der Waals surface area contributed by atoms with Crippen LogP contribution >= 0.6 is 34.3 Å². The minimum Gasteiger partial charge on any atom is -0.301 e. The average Bonchev–Trinajstić information content (AvgIpc) is 3.17. The molecule has 25 heavy (non-hydrogen) atoms. The molecule has 0 unspecified atom stereocenters. The van der Waals surface area contributed by atoms with Gasteiger partial charge in [-0.3, -0.25) is 9.69 Å². The van der Waals surface area contributed by atoms with Crippen LogP contribution in [0.4, 0.5) is 9.52 Å². The second-order valence-corrected chi connectivity index (χ2v) is 8.13. The summed E-state index contributed by atoms with van der Waals surface area (Å²) in [6.07, 6.45) is 0. The number of likely N-dealkylation sites (N-methyl/N-ethyl adjacent to an activating group) is 1. The number of thiophene rings is 1. The molecule has 0 fully saturated rings. The molecule has 0 aliphatic rings. The number of benzene rings is 1. The highest BCUT2D eigenvalue weighted by Crippen LogP contribution is 2.25. The molecule has 0 bridgehead atoms. The predicted octanol–water partition coefficient (Wildman–Crippen LogP) is 4.73. The molecule has 3 rings (SSSR count). The Labute approximate surface area is 157 Å². The fourth-order valence-electron chi connectivity index (χ4n) is 2.25. The predicted molar refractivity (Wildman–Crippen MR) is 102 cm³/mol. The summed E-state index contributed by atoms with van der Waals surface area (Å²) in [5.74, 6) is -0.423. The SMILES string of the molecule is CN(CC(=O)Nc1nc(-c2ccc(F)cc2)cs1)Cc1ccc(Cl)s1.